The molecule has 0 aromatic rings. The molecule has 0 aliphatic carbocycles. The molecular formula is C11H23P. The fourth-order valence-electron chi connectivity index (χ4n) is 2.40. The van der Waals surface area contributed by atoms with Crippen molar-refractivity contribution in [2.75, 3.05) is 25.7 Å². The molecule has 2 unspecified atom stereocenters. The van der Waals surface area contributed by atoms with Crippen molar-refractivity contribution in [1.82, 2.24) is 0 Å². The van der Waals surface area contributed by atoms with Crippen molar-refractivity contribution in [1.29, 1.82) is 0 Å². The van der Waals surface area contributed by atoms with Crippen molar-refractivity contribution < 1.29 is 0 Å². The molecule has 0 amide bonds. The van der Waals surface area contributed by atoms with Gasteiger partial charge in [0, 0.05) is 0 Å². The molecule has 0 saturated carbocycles. The Morgan fingerprint density at radius 1 is 1.42 bits per heavy atom. The van der Waals surface area contributed by atoms with Crippen molar-refractivity contribution in [2.45, 2.75) is 20.3 Å². The zero-order valence-corrected chi connectivity index (χ0v) is 9.93. The summed E-state index contributed by atoms with van der Waals surface area (Å²) in [5.41, 5.74) is 0. The maximum atomic E-state index is 2.52. The molecule has 2 atom stereocenters. The Morgan fingerprint density at radius 2 is 2.08 bits per heavy atom. The zero-order valence-electron chi connectivity index (χ0n) is 8.93. The molecule has 1 aliphatic rings. The summed E-state index contributed by atoms with van der Waals surface area (Å²) in [4.78, 5) is 0. The molecule has 0 saturated heterocycles. The molecule has 0 spiro atoms. The van der Waals surface area contributed by atoms with Crippen LogP contribution in [-0.4, -0.2) is 25.7 Å². The van der Waals surface area contributed by atoms with Gasteiger partial charge >= 0.3 is 77.2 Å². The number of allylic oxidation sites excluding steroid dienone is 2. The van der Waals surface area contributed by atoms with Gasteiger partial charge in [0.1, 0.15) is 0 Å². The Labute approximate surface area is 77.8 Å². The van der Waals surface area contributed by atoms with E-state index in [9.17, 15) is 0 Å². The first kappa shape index (κ1) is 10.3. The van der Waals surface area contributed by atoms with Crippen molar-refractivity contribution in [2.24, 2.45) is 11.8 Å². The molecule has 0 N–H and O–H groups in total. The predicted octanol–water partition coefficient (Wildman–Crippen LogP) is 3.23. The van der Waals surface area contributed by atoms with Gasteiger partial charge in [0.2, 0.25) is 0 Å². The SMILES string of the molecule is CCC1C=CC[PH](C)(C)CC1C. The van der Waals surface area contributed by atoms with Crippen LogP contribution in [0.1, 0.15) is 20.3 Å². The average Bonchev–Trinajstić information content (AvgIpc) is 2.07. The van der Waals surface area contributed by atoms with Crippen LogP contribution in [0.4, 0.5) is 0 Å². The minimum atomic E-state index is -0.849. The predicted molar refractivity (Wildman–Crippen MR) is 62.0 cm³/mol. The van der Waals surface area contributed by atoms with Gasteiger partial charge in [-0.25, -0.2) is 0 Å². The molecule has 1 rings (SSSR count). The maximum absolute atomic E-state index is 2.52. The minimum absolute atomic E-state index is 0.849. The van der Waals surface area contributed by atoms with E-state index in [4.69, 9.17) is 0 Å². The number of hydrogen-bond acceptors (Lipinski definition) is 0. The quantitative estimate of drug-likeness (QED) is 0.435. The Kier molecular flexibility index (Phi) is 3.35. The zero-order chi connectivity index (χ0) is 9.19. The van der Waals surface area contributed by atoms with E-state index >= 15 is 0 Å². The second kappa shape index (κ2) is 3.92. The van der Waals surface area contributed by atoms with Crippen LogP contribution < -0.4 is 0 Å². The van der Waals surface area contributed by atoms with Gasteiger partial charge < -0.3 is 0 Å². The van der Waals surface area contributed by atoms with Gasteiger partial charge in [-0.05, 0) is 0 Å². The fourth-order valence-corrected chi connectivity index (χ4v) is 5.38. The van der Waals surface area contributed by atoms with Gasteiger partial charge in [0.25, 0.3) is 0 Å². The summed E-state index contributed by atoms with van der Waals surface area (Å²) < 4.78 is 0. The molecular weight excluding hydrogens is 163 g/mol. The van der Waals surface area contributed by atoms with Crippen molar-refractivity contribution in [3.63, 3.8) is 0 Å². The molecule has 0 aromatic carbocycles. The molecule has 1 heterocycles. The van der Waals surface area contributed by atoms with E-state index in [0.717, 1.165) is 11.8 Å². The summed E-state index contributed by atoms with van der Waals surface area (Å²) in [5.74, 6) is 1.79. The van der Waals surface area contributed by atoms with Crippen LogP contribution in [0.3, 0.4) is 0 Å². The second-order valence-corrected chi connectivity index (χ2v) is 10.2. The Morgan fingerprint density at radius 3 is 2.67 bits per heavy atom. The van der Waals surface area contributed by atoms with Crippen LogP contribution in [0.2, 0.25) is 0 Å². The van der Waals surface area contributed by atoms with Crippen molar-refractivity contribution in [3.05, 3.63) is 12.2 Å². The Hall–Kier alpha value is 0.170. The van der Waals surface area contributed by atoms with E-state index in [0.29, 0.717) is 0 Å². The van der Waals surface area contributed by atoms with E-state index < -0.39 is 7.26 Å². The molecule has 0 radical (unpaired) electrons. The average molecular weight is 186 g/mol. The first-order chi connectivity index (χ1) is 5.55. The summed E-state index contributed by atoms with van der Waals surface area (Å²) >= 11 is 0. The fraction of sp³-hybridized carbons (Fsp3) is 0.818. The van der Waals surface area contributed by atoms with Gasteiger partial charge in [-0.15, -0.1) is 0 Å². The third-order valence-corrected chi connectivity index (χ3v) is 6.22. The first-order valence-corrected chi connectivity index (χ1v) is 8.63. The van der Waals surface area contributed by atoms with E-state index in [1.165, 1.54) is 18.7 Å². The van der Waals surface area contributed by atoms with Crippen LogP contribution in [0.25, 0.3) is 0 Å². The monoisotopic (exact) mass is 186 g/mol. The second-order valence-electron chi connectivity index (χ2n) is 5.05. The van der Waals surface area contributed by atoms with Crippen LogP contribution >= 0.6 is 7.26 Å². The van der Waals surface area contributed by atoms with Gasteiger partial charge in [-0.1, -0.05) is 0 Å². The van der Waals surface area contributed by atoms with Gasteiger partial charge in [-0.2, -0.15) is 0 Å². The standard InChI is InChI=1S/C11H23P/c1-5-11-7-6-8-12(3,4)9-10(11)2/h6-7,10-12H,5,8-9H2,1-4H3. The van der Waals surface area contributed by atoms with E-state index in [-0.39, 0.29) is 0 Å². The molecule has 72 valence electrons. The molecule has 0 aromatic heterocycles. The normalized spacial score (nSPS) is 37.3. The molecule has 1 aliphatic heterocycles. The van der Waals surface area contributed by atoms with Crippen LogP contribution in [-0.2, 0) is 0 Å². The number of hydrogen-bond donors (Lipinski definition) is 0. The molecule has 1 heteroatoms. The molecule has 12 heavy (non-hydrogen) atoms. The Bertz CT molecular complexity index is 170. The topological polar surface area (TPSA) is 0 Å². The van der Waals surface area contributed by atoms with Crippen molar-refractivity contribution in [3.8, 4) is 0 Å². The van der Waals surface area contributed by atoms with Gasteiger partial charge in [-0.3, -0.25) is 0 Å². The van der Waals surface area contributed by atoms with E-state index in [1.54, 1.807) is 0 Å². The van der Waals surface area contributed by atoms with Crippen LogP contribution in [0.5, 0.6) is 0 Å². The van der Waals surface area contributed by atoms with Crippen LogP contribution in [0.15, 0.2) is 12.2 Å². The van der Waals surface area contributed by atoms with Crippen LogP contribution in [0, 0.1) is 11.8 Å². The summed E-state index contributed by atoms with van der Waals surface area (Å²) in [5, 5.41) is 0. The third-order valence-electron chi connectivity index (χ3n) is 3.13. The summed E-state index contributed by atoms with van der Waals surface area (Å²) in [6.07, 6.45) is 9.14. The van der Waals surface area contributed by atoms with Gasteiger partial charge in [0.15, 0.2) is 0 Å². The molecule has 0 bridgehead atoms. The summed E-state index contributed by atoms with van der Waals surface area (Å²) in [6.45, 7) is 9.78. The third kappa shape index (κ3) is 2.59. The van der Waals surface area contributed by atoms with E-state index in [2.05, 4.69) is 39.3 Å². The molecule has 0 fully saturated rings. The van der Waals surface area contributed by atoms with Crippen molar-refractivity contribution >= 4 is 7.26 Å². The summed E-state index contributed by atoms with van der Waals surface area (Å²) in [6, 6.07) is 0. The Balaban J connectivity index is 2.66. The number of rotatable bonds is 1. The van der Waals surface area contributed by atoms with Gasteiger partial charge in [0.05, 0.1) is 0 Å². The molecule has 0 nitrogen and oxygen atoms in total. The summed E-state index contributed by atoms with van der Waals surface area (Å²) in [7, 11) is -0.849. The van der Waals surface area contributed by atoms with E-state index in [1.807, 2.05) is 0 Å². The first-order valence-electron chi connectivity index (χ1n) is 5.22.